The van der Waals surface area contributed by atoms with E-state index in [1.807, 2.05) is 0 Å². The summed E-state index contributed by atoms with van der Waals surface area (Å²) >= 11 is 0. The average molecular weight is 611 g/mol. The topological polar surface area (TPSA) is 149 Å². The third kappa shape index (κ3) is 27.5. The predicted octanol–water partition coefficient (Wildman–Crippen LogP) is 6.77. The largest absolute Gasteiger partial charge is 0.472 e. The van der Waals surface area contributed by atoms with E-state index in [9.17, 15) is 24.2 Å². The van der Waals surface area contributed by atoms with Gasteiger partial charge in [-0.05, 0) is 12.8 Å². The van der Waals surface area contributed by atoms with Crippen molar-refractivity contribution in [1.82, 2.24) is 0 Å². The maximum Gasteiger partial charge on any atom is 0.472 e. The summed E-state index contributed by atoms with van der Waals surface area (Å²) in [7, 11) is -4.59. The van der Waals surface area contributed by atoms with E-state index >= 15 is 0 Å². The lowest BCUT2D eigenvalue weighted by molar-refractivity contribution is -0.161. The lowest BCUT2D eigenvalue weighted by Gasteiger charge is -2.20. The van der Waals surface area contributed by atoms with Crippen molar-refractivity contribution in [1.29, 1.82) is 0 Å². The summed E-state index contributed by atoms with van der Waals surface area (Å²) in [5, 5.41) is 18.1. The highest BCUT2D eigenvalue weighted by atomic mass is 31.2. The van der Waals surface area contributed by atoms with Gasteiger partial charge < -0.3 is 24.6 Å². The second-order valence-corrected chi connectivity index (χ2v) is 12.3. The Morgan fingerprint density at radius 3 is 1.51 bits per heavy atom. The van der Waals surface area contributed by atoms with Crippen LogP contribution in [0.3, 0.4) is 0 Å². The number of carbonyl (C=O) groups excluding carboxylic acids is 2. The van der Waals surface area contributed by atoms with Crippen LogP contribution in [0.25, 0.3) is 0 Å². The molecule has 0 amide bonds. The fourth-order valence-corrected chi connectivity index (χ4v) is 5.02. The fraction of sp³-hybridized carbons (Fsp3) is 0.933. The zero-order chi connectivity index (χ0) is 30.6. The van der Waals surface area contributed by atoms with Crippen LogP contribution in [0.15, 0.2) is 0 Å². The number of aliphatic hydroxyl groups is 2. The molecule has 0 heterocycles. The van der Waals surface area contributed by atoms with Gasteiger partial charge in [0.05, 0.1) is 19.8 Å². The monoisotopic (exact) mass is 610 g/mol. The molecule has 0 aliphatic heterocycles. The first-order chi connectivity index (χ1) is 19.7. The molecule has 0 rings (SSSR count). The molecule has 0 spiro atoms. The van der Waals surface area contributed by atoms with E-state index in [1.165, 1.54) is 64.2 Å². The van der Waals surface area contributed by atoms with Gasteiger partial charge in [0, 0.05) is 12.8 Å². The Bertz CT molecular complexity index is 676. The third-order valence-corrected chi connectivity index (χ3v) is 7.71. The van der Waals surface area contributed by atoms with Gasteiger partial charge in [0.2, 0.25) is 0 Å². The summed E-state index contributed by atoms with van der Waals surface area (Å²) in [6.45, 7) is 2.30. The average Bonchev–Trinajstić information content (AvgIpc) is 2.95. The van der Waals surface area contributed by atoms with Crippen molar-refractivity contribution in [2.24, 2.45) is 0 Å². The van der Waals surface area contributed by atoms with Gasteiger partial charge in [0.15, 0.2) is 6.10 Å². The number of esters is 2. The summed E-state index contributed by atoms with van der Waals surface area (Å²) in [6, 6.07) is 0. The van der Waals surface area contributed by atoms with Crippen LogP contribution in [0.5, 0.6) is 0 Å². The fourth-order valence-electron chi connectivity index (χ4n) is 4.23. The molecule has 3 unspecified atom stereocenters. The molecule has 0 bridgehead atoms. The Kier molecular flexibility index (Phi) is 27.1. The minimum absolute atomic E-state index is 0.190. The standard InChI is InChI=1S/C30H59O10P/c1-3-5-7-9-11-13-14-16-18-20-22-30(34)40-28(26-39-41(35,36)38-24-27(32)23-31)25-37-29(33)21-19-17-15-12-10-8-6-4-2/h27-28,31-32H,3-26H2,1-2H3,(H,35,36). The molecule has 0 saturated heterocycles. The van der Waals surface area contributed by atoms with Gasteiger partial charge >= 0.3 is 19.8 Å². The molecule has 41 heavy (non-hydrogen) atoms. The first-order valence-electron chi connectivity index (χ1n) is 16.0. The summed E-state index contributed by atoms with van der Waals surface area (Å²) in [6.07, 6.45) is 18.1. The molecule has 0 aromatic carbocycles. The number of phosphoric ester groups is 1. The highest BCUT2D eigenvalue weighted by Gasteiger charge is 2.27. The molecule has 0 radical (unpaired) electrons. The predicted molar refractivity (Wildman–Crippen MR) is 159 cm³/mol. The SMILES string of the molecule is CCCCCCCCCCCCC(=O)OC(COC(=O)CCCCCCCCCC)COP(=O)(O)OCC(O)CO. The quantitative estimate of drug-likeness (QED) is 0.0452. The van der Waals surface area contributed by atoms with Crippen molar-refractivity contribution >= 4 is 19.8 Å². The molecule has 3 N–H and O–H groups in total. The summed E-state index contributed by atoms with van der Waals surface area (Å²) < 4.78 is 32.3. The first kappa shape index (κ1) is 40.0. The second-order valence-electron chi connectivity index (χ2n) is 10.8. The van der Waals surface area contributed by atoms with Crippen molar-refractivity contribution in [3.63, 3.8) is 0 Å². The molecular formula is C30H59O10P. The Labute approximate surface area is 248 Å². The molecule has 0 aromatic heterocycles. The number of hydrogen-bond donors (Lipinski definition) is 3. The van der Waals surface area contributed by atoms with E-state index in [1.54, 1.807) is 0 Å². The molecular weight excluding hydrogens is 551 g/mol. The molecule has 3 atom stereocenters. The third-order valence-electron chi connectivity index (χ3n) is 6.76. The number of hydrogen-bond acceptors (Lipinski definition) is 9. The minimum Gasteiger partial charge on any atom is -0.462 e. The normalized spacial score (nSPS) is 14.4. The highest BCUT2D eigenvalue weighted by molar-refractivity contribution is 7.47. The van der Waals surface area contributed by atoms with Gasteiger partial charge in [-0.25, -0.2) is 4.57 Å². The number of carbonyl (C=O) groups is 2. The van der Waals surface area contributed by atoms with Gasteiger partial charge in [-0.15, -0.1) is 0 Å². The lowest BCUT2D eigenvalue weighted by atomic mass is 10.1. The molecule has 0 saturated carbocycles. The van der Waals surface area contributed by atoms with Gasteiger partial charge in [-0.3, -0.25) is 18.6 Å². The molecule has 0 aromatic rings. The van der Waals surface area contributed by atoms with Gasteiger partial charge in [-0.1, -0.05) is 117 Å². The van der Waals surface area contributed by atoms with Crippen molar-refractivity contribution < 1.29 is 47.8 Å². The molecule has 0 aliphatic rings. The number of ether oxygens (including phenoxy) is 2. The zero-order valence-electron chi connectivity index (χ0n) is 25.8. The van der Waals surface area contributed by atoms with Crippen LogP contribution in [0.4, 0.5) is 0 Å². The molecule has 0 fully saturated rings. The maximum atomic E-state index is 12.4. The van der Waals surface area contributed by atoms with Gasteiger partial charge in [0.1, 0.15) is 12.7 Å². The van der Waals surface area contributed by atoms with E-state index < -0.39 is 51.8 Å². The number of unbranched alkanes of at least 4 members (excludes halogenated alkanes) is 16. The van der Waals surface area contributed by atoms with Crippen LogP contribution in [0.2, 0.25) is 0 Å². The number of aliphatic hydroxyl groups excluding tert-OH is 2. The van der Waals surface area contributed by atoms with Gasteiger partial charge in [-0.2, -0.15) is 0 Å². The first-order valence-corrected chi connectivity index (χ1v) is 17.5. The molecule has 11 heteroatoms. The van der Waals surface area contributed by atoms with Crippen molar-refractivity contribution in [3.8, 4) is 0 Å². The Balaban J connectivity index is 4.46. The van der Waals surface area contributed by atoms with Crippen LogP contribution in [0.1, 0.15) is 142 Å². The summed E-state index contributed by atoms with van der Waals surface area (Å²) in [4.78, 5) is 34.4. The van der Waals surface area contributed by atoms with E-state index in [4.69, 9.17) is 19.1 Å². The molecule has 244 valence electrons. The summed E-state index contributed by atoms with van der Waals surface area (Å²) in [5.74, 6) is -0.928. The second kappa shape index (κ2) is 27.8. The van der Waals surface area contributed by atoms with Crippen molar-refractivity contribution in [2.75, 3.05) is 26.4 Å². The Morgan fingerprint density at radius 2 is 1.05 bits per heavy atom. The molecule has 0 aliphatic carbocycles. The number of phosphoric acid groups is 1. The Morgan fingerprint density at radius 1 is 0.634 bits per heavy atom. The van der Waals surface area contributed by atoms with Crippen LogP contribution < -0.4 is 0 Å². The maximum absolute atomic E-state index is 12.4. The van der Waals surface area contributed by atoms with Crippen LogP contribution in [0, 0.1) is 0 Å². The summed E-state index contributed by atoms with van der Waals surface area (Å²) in [5.41, 5.74) is 0. The lowest BCUT2D eigenvalue weighted by Crippen LogP contribution is -2.29. The van der Waals surface area contributed by atoms with E-state index in [0.717, 1.165) is 38.5 Å². The van der Waals surface area contributed by atoms with Crippen LogP contribution >= 0.6 is 7.82 Å². The van der Waals surface area contributed by atoms with E-state index in [2.05, 4.69) is 18.4 Å². The van der Waals surface area contributed by atoms with E-state index in [0.29, 0.717) is 12.8 Å². The van der Waals surface area contributed by atoms with Crippen molar-refractivity contribution in [2.45, 2.75) is 154 Å². The van der Waals surface area contributed by atoms with E-state index in [-0.39, 0.29) is 19.4 Å². The van der Waals surface area contributed by atoms with Crippen LogP contribution in [-0.2, 0) is 32.7 Å². The smallest absolute Gasteiger partial charge is 0.462 e. The van der Waals surface area contributed by atoms with Crippen molar-refractivity contribution in [3.05, 3.63) is 0 Å². The number of rotatable bonds is 30. The zero-order valence-corrected chi connectivity index (χ0v) is 26.7. The van der Waals surface area contributed by atoms with Crippen LogP contribution in [-0.4, -0.2) is 65.7 Å². The molecule has 10 nitrogen and oxygen atoms in total. The minimum atomic E-state index is -4.59. The highest BCUT2D eigenvalue weighted by Crippen LogP contribution is 2.43. The van der Waals surface area contributed by atoms with Gasteiger partial charge in [0.25, 0.3) is 0 Å². The Hall–Kier alpha value is -1.03.